The molecule has 84 valence electrons. The maximum atomic E-state index is 8.68. The van der Waals surface area contributed by atoms with E-state index in [0.717, 1.165) is 11.4 Å². The second-order valence-electron chi connectivity index (χ2n) is 3.44. The topological polar surface area (TPSA) is 35.8 Å². The summed E-state index contributed by atoms with van der Waals surface area (Å²) in [7, 11) is 0. The van der Waals surface area contributed by atoms with Gasteiger partial charge in [0.15, 0.2) is 0 Å². The average Bonchev–Trinajstić information content (AvgIpc) is 2.35. The summed E-state index contributed by atoms with van der Waals surface area (Å²) in [5, 5.41) is 12.9. The number of hydrogen-bond acceptors (Lipinski definition) is 2. The third kappa shape index (κ3) is 2.91. The van der Waals surface area contributed by atoms with E-state index in [1.807, 2.05) is 18.2 Å². The van der Waals surface area contributed by atoms with Gasteiger partial charge in [0.05, 0.1) is 21.7 Å². The van der Waals surface area contributed by atoms with Crippen molar-refractivity contribution in [3.63, 3.8) is 0 Å². The molecule has 0 bridgehead atoms. The van der Waals surface area contributed by atoms with Crippen LogP contribution >= 0.6 is 23.2 Å². The first-order chi connectivity index (χ1) is 8.19. The van der Waals surface area contributed by atoms with Crippen molar-refractivity contribution in [3.8, 4) is 6.07 Å². The minimum absolute atomic E-state index is 0.505. The molecular weight excluding hydrogens is 255 g/mol. The monoisotopic (exact) mass is 262 g/mol. The third-order valence-corrected chi connectivity index (χ3v) is 2.96. The van der Waals surface area contributed by atoms with Crippen molar-refractivity contribution < 1.29 is 0 Å². The predicted molar refractivity (Wildman–Crippen MR) is 70.9 cm³/mol. The van der Waals surface area contributed by atoms with Crippen molar-refractivity contribution in [3.05, 3.63) is 58.1 Å². The van der Waals surface area contributed by atoms with Crippen molar-refractivity contribution in [2.45, 2.75) is 0 Å². The van der Waals surface area contributed by atoms with E-state index < -0.39 is 0 Å². The lowest BCUT2D eigenvalue weighted by Gasteiger charge is -2.07. The Morgan fingerprint density at radius 2 is 1.53 bits per heavy atom. The summed E-state index contributed by atoms with van der Waals surface area (Å²) in [5.74, 6) is 0. The van der Waals surface area contributed by atoms with Crippen LogP contribution < -0.4 is 5.32 Å². The quantitative estimate of drug-likeness (QED) is 0.858. The Morgan fingerprint density at radius 3 is 2.12 bits per heavy atom. The summed E-state index contributed by atoms with van der Waals surface area (Å²) < 4.78 is 0. The van der Waals surface area contributed by atoms with Crippen LogP contribution in [0.25, 0.3) is 0 Å². The first kappa shape index (κ1) is 11.8. The number of nitrogens with zero attached hydrogens (tertiary/aromatic N) is 1. The van der Waals surface area contributed by atoms with E-state index in [9.17, 15) is 0 Å². The van der Waals surface area contributed by atoms with Gasteiger partial charge in [-0.1, -0.05) is 23.2 Å². The van der Waals surface area contributed by atoms with Gasteiger partial charge in [-0.15, -0.1) is 0 Å². The van der Waals surface area contributed by atoms with Crippen molar-refractivity contribution in [2.24, 2.45) is 0 Å². The van der Waals surface area contributed by atoms with E-state index in [0.29, 0.717) is 15.6 Å². The van der Waals surface area contributed by atoms with Crippen LogP contribution in [0.4, 0.5) is 11.4 Å². The second kappa shape index (κ2) is 5.09. The second-order valence-corrected chi connectivity index (χ2v) is 4.26. The Kier molecular flexibility index (Phi) is 3.53. The molecule has 0 saturated heterocycles. The Hall–Kier alpha value is -1.69. The third-order valence-electron chi connectivity index (χ3n) is 2.22. The van der Waals surface area contributed by atoms with Crippen molar-refractivity contribution in [1.29, 1.82) is 5.26 Å². The van der Waals surface area contributed by atoms with Crippen LogP contribution in [-0.2, 0) is 0 Å². The van der Waals surface area contributed by atoms with Gasteiger partial charge in [-0.25, -0.2) is 0 Å². The molecule has 0 saturated carbocycles. The molecule has 2 aromatic carbocycles. The zero-order valence-corrected chi connectivity index (χ0v) is 10.3. The number of nitrogens with one attached hydrogen (secondary N) is 1. The summed E-state index contributed by atoms with van der Waals surface area (Å²) in [5.41, 5.74) is 2.37. The summed E-state index contributed by atoms with van der Waals surface area (Å²) in [6, 6.07) is 14.6. The van der Waals surface area contributed by atoms with Crippen LogP contribution in [0.15, 0.2) is 42.5 Å². The van der Waals surface area contributed by atoms with Crippen molar-refractivity contribution in [1.82, 2.24) is 0 Å². The fourth-order valence-corrected chi connectivity index (χ4v) is 1.67. The predicted octanol–water partition coefficient (Wildman–Crippen LogP) is 4.61. The Balaban J connectivity index is 2.20. The van der Waals surface area contributed by atoms with Crippen molar-refractivity contribution in [2.75, 3.05) is 5.32 Å². The first-order valence-electron chi connectivity index (χ1n) is 4.91. The lowest BCUT2D eigenvalue weighted by molar-refractivity contribution is 1.47. The van der Waals surface area contributed by atoms with Crippen LogP contribution in [0.1, 0.15) is 5.56 Å². The van der Waals surface area contributed by atoms with Crippen LogP contribution in [0, 0.1) is 11.3 Å². The molecule has 2 nitrogen and oxygen atoms in total. The first-order valence-corrected chi connectivity index (χ1v) is 5.67. The normalized spacial score (nSPS) is 9.71. The molecule has 0 radical (unpaired) electrons. The van der Waals surface area contributed by atoms with E-state index in [4.69, 9.17) is 28.5 Å². The number of benzene rings is 2. The van der Waals surface area contributed by atoms with Gasteiger partial charge < -0.3 is 5.32 Å². The number of anilines is 2. The fourth-order valence-electron chi connectivity index (χ4n) is 1.37. The fraction of sp³-hybridized carbons (Fsp3) is 0. The Labute approximate surface area is 109 Å². The molecule has 2 rings (SSSR count). The largest absolute Gasteiger partial charge is 0.355 e. The zero-order valence-electron chi connectivity index (χ0n) is 8.74. The highest BCUT2D eigenvalue weighted by molar-refractivity contribution is 6.42. The molecule has 0 aliphatic carbocycles. The minimum atomic E-state index is 0.505. The summed E-state index contributed by atoms with van der Waals surface area (Å²) in [6.07, 6.45) is 0. The smallest absolute Gasteiger partial charge is 0.0991 e. The van der Waals surface area contributed by atoms with Crippen LogP contribution in [0.5, 0.6) is 0 Å². The lowest BCUT2D eigenvalue weighted by Crippen LogP contribution is -1.90. The number of halogens is 2. The molecule has 1 N–H and O–H groups in total. The maximum absolute atomic E-state index is 8.68. The highest BCUT2D eigenvalue weighted by atomic mass is 35.5. The maximum Gasteiger partial charge on any atom is 0.0991 e. The van der Waals surface area contributed by atoms with Crippen LogP contribution in [0.3, 0.4) is 0 Å². The summed E-state index contributed by atoms with van der Waals surface area (Å²) in [6.45, 7) is 0. The summed E-state index contributed by atoms with van der Waals surface area (Å²) in [4.78, 5) is 0. The van der Waals surface area contributed by atoms with Crippen molar-refractivity contribution >= 4 is 34.6 Å². The minimum Gasteiger partial charge on any atom is -0.355 e. The van der Waals surface area contributed by atoms with Gasteiger partial charge in [0.1, 0.15) is 0 Å². The highest BCUT2D eigenvalue weighted by Crippen LogP contribution is 2.26. The van der Waals surface area contributed by atoms with Gasteiger partial charge in [0, 0.05) is 11.4 Å². The number of rotatable bonds is 2. The molecule has 0 unspecified atom stereocenters. The number of nitriles is 1. The van der Waals surface area contributed by atoms with E-state index in [1.54, 1.807) is 24.3 Å². The number of hydrogen-bond donors (Lipinski definition) is 1. The molecule has 0 spiro atoms. The van der Waals surface area contributed by atoms with Gasteiger partial charge in [-0.3, -0.25) is 0 Å². The van der Waals surface area contributed by atoms with Crippen LogP contribution in [-0.4, -0.2) is 0 Å². The molecule has 0 amide bonds. The average molecular weight is 263 g/mol. The highest BCUT2D eigenvalue weighted by Gasteiger charge is 2.00. The molecule has 0 aromatic heterocycles. The Bertz CT molecular complexity index is 571. The standard InChI is InChI=1S/C13H8Cl2N2/c14-12-6-5-11(7-13(12)15)17-10-3-1-9(8-16)2-4-10/h1-7,17H. The molecule has 0 aliphatic rings. The molecule has 2 aromatic rings. The zero-order chi connectivity index (χ0) is 12.3. The molecular formula is C13H8Cl2N2. The molecule has 0 atom stereocenters. The van der Waals surface area contributed by atoms with Gasteiger partial charge in [0.25, 0.3) is 0 Å². The SMILES string of the molecule is N#Cc1ccc(Nc2ccc(Cl)c(Cl)c2)cc1. The van der Waals surface area contributed by atoms with Gasteiger partial charge >= 0.3 is 0 Å². The van der Waals surface area contributed by atoms with Gasteiger partial charge in [-0.05, 0) is 42.5 Å². The molecule has 4 heteroatoms. The molecule has 0 aliphatic heterocycles. The van der Waals surface area contributed by atoms with Gasteiger partial charge in [-0.2, -0.15) is 5.26 Å². The van der Waals surface area contributed by atoms with E-state index in [-0.39, 0.29) is 0 Å². The summed E-state index contributed by atoms with van der Waals surface area (Å²) >= 11 is 11.7. The van der Waals surface area contributed by atoms with E-state index in [2.05, 4.69) is 11.4 Å². The molecule has 0 fully saturated rings. The van der Waals surface area contributed by atoms with E-state index >= 15 is 0 Å². The van der Waals surface area contributed by atoms with Gasteiger partial charge in [0.2, 0.25) is 0 Å². The van der Waals surface area contributed by atoms with E-state index in [1.165, 1.54) is 0 Å². The Morgan fingerprint density at radius 1 is 0.882 bits per heavy atom. The lowest BCUT2D eigenvalue weighted by atomic mass is 10.2. The molecule has 0 heterocycles. The van der Waals surface area contributed by atoms with Crippen LogP contribution in [0.2, 0.25) is 10.0 Å². The molecule has 17 heavy (non-hydrogen) atoms.